The summed E-state index contributed by atoms with van der Waals surface area (Å²) in [6, 6.07) is 14.4. The second-order valence-corrected chi connectivity index (χ2v) is 7.18. The zero-order valence-electron chi connectivity index (χ0n) is 16.8. The van der Waals surface area contributed by atoms with Gasteiger partial charge in [-0.15, -0.1) is 0 Å². The average molecular weight is 401 g/mol. The second kappa shape index (κ2) is 10.9. The Hall–Kier alpha value is -2.44. The molecule has 1 saturated heterocycles. The lowest BCUT2D eigenvalue weighted by Crippen LogP contribution is -2.38. The van der Waals surface area contributed by atoms with E-state index in [1.165, 1.54) is 13.2 Å². The molecule has 0 spiro atoms. The maximum atomic E-state index is 13.7. The van der Waals surface area contributed by atoms with E-state index in [9.17, 15) is 9.18 Å². The monoisotopic (exact) mass is 401 g/mol. The third-order valence-corrected chi connectivity index (χ3v) is 4.94. The molecule has 1 heterocycles. The lowest BCUT2D eigenvalue weighted by Gasteiger charge is -2.25. The van der Waals surface area contributed by atoms with Crippen LogP contribution in [0.5, 0.6) is 5.75 Å². The van der Waals surface area contributed by atoms with Crippen molar-refractivity contribution < 1.29 is 23.4 Å². The summed E-state index contributed by atoms with van der Waals surface area (Å²) in [7, 11) is 1.52. The second-order valence-electron chi connectivity index (χ2n) is 7.18. The highest BCUT2D eigenvalue weighted by Gasteiger charge is 2.22. The van der Waals surface area contributed by atoms with Crippen molar-refractivity contribution in [2.45, 2.75) is 31.9 Å². The van der Waals surface area contributed by atoms with Gasteiger partial charge in [-0.05, 0) is 42.2 Å². The van der Waals surface area contributed by atoms with E-state index in [0.29, 0.717) is 37.4 Å². The minimum atomic E-state index is -0.216. The van der Waals surface area contributed by atoms with Crippen molar-refractivity contribution in [2.75, 3.05) is 33.5 Å². The van der Waals surface area contributed by atoms with Gasteiger partial charge in [0, 0.05) is 33.2 Å². The maximum absolute atomic E-state index is 13.7. The van der Waals surface area contributed by atoms with Gasteiger partial charge in [-0.3, -0.25) is 4.79 Å². The molecule has 2 aromatic rings. The summed E-state index contributed by atoms with van der Waals surface area (Å²) in [6.07, 6.45) is 2.57. The third kappa shape index (κ3) is 6.54. The lowest BCUT2D eigenvalue weighted by molar-refractivity contribution is -0.137. The Morgan fingerprint density at radius 3 is 2.86 bits per heavy atom. The number of nitrogens with zero attached hydrogens (tertiary/aromatic N) is 1. The van der Waals surface area contributed by atoms with Gasteiger partial charge in [0.2, 0.25) is 5.91 Å². The summed E-state index contributed by atoms with van der Waals surface area (Å²) in [6.45, 7) is 2.20. The highest BCUT2D eigenvalue weighted by atomic mass is 19.1. The molecule has 1 aliphatic rings. The highest BCUT2D eigenvalue weighted by Crippen LogP contribution is 2.19. The van der Waals surface area contributed by atoms with Gasteiger partial charge in [0.05, 0.1) is 12.7 Å². The first-order valence-electron chi connectivity index (χ1n) is 9.99. The molecule has 0 aromatic heterocycles. The Balaban J connectivity index is 1.58. The van der Waals surface area contributed by atoms with Crippen LogP contribution in [0.3, 0.4) is 0 Å². The molecular formula is C23H28FNO4. The van der Waals surface area contributed by atoms with Crippen molar-refractivity contribution in [3.05, 3.63) is 65.5 Å². The van der Waals surface area contributed by atoms with Crippen LogP contribution in [0.2, 0.25) is 0 Å². The normalized spacial score (nSPS) is 16.0. The molecule has 6 heteroatoms. The molecule has 1 amide bonds. The van der Waals surface area contributed by atoms with Crippen molar-refractivity contribution >= 4 is 5.91 Å². The van der Waals surface area contributed by atoms with Crippen LogP contribution in [0.25, 0.3) is 0 Å². The smallest absolute Gasteiger partial charge is 0.248 e. The summed E-state index contributed by atoms with van der Waals surface area (Å²) < 4.78 is 30.2. The van der Waals surface area contributed by atoms with Crippen LogP contribution in [-0.4, -0.2) is 50.4 Å². The van der Waals surface area contributed by atoms with E-state index in [-0.39, 0.29) is 24.4 Å². The van der Waals surface area contributed by atoms with Crippen LogP contribution in [0, 0.1) is 5.82 Å². The van der Waals surface area contributed by atoms with E-state index in [1.54, 1.807) is 17.0 Å². The van der Waals surface area contributed by atoms with E-state index in [2.05, 4.69) is 0 Å². The Bertz CT molecular complexity index is 792. The number of benzene rings is 2. The summed E-state index contributed by atoms with van der Waals surface area (Å²) >= 11 is 0. The number of rotatable bonds is 10. The number of carbonyl (C=O) groups excluding carboxylic acids is 1. The van der Waals surface area contributed by atoms with Crippen LogP contribution >= 0.6 is 0 Å². The fourth-order valence-electron chi connectivity index (χ4n) is 3.44. The van der Waals surface area contributed by atoms with E-state index >= 15 is 0 Å². The van der Waals surface area contributed by atoms with Crippen molar-refractivity contribution in [3.63, 3.8) is 0 Å². The Kier molecular flexibility index (Phi) is 8.02. The van der Waals surface area contributed by atoms with Crippen molar-refractivity contribution in [3.8, 4) is 5.75 Å². The first kappa shape index (κ1) is 21.3. The van der Waals surface area contributed by atoms with E-state index in [4.69, 9.17) is 14.2 Å². The summed E-state index contributed by atoms with van der Waals surface area (Å²) in [5.74, 6) is 0.426. The molecule has 156 valence electrons. The zero-order valence-corrected chi connectivity index (χ0v) is 16.8. The van der Waals surface area contributed by atoms with Gasteiger partial charge in [0.25, 0.3) is 0 Å². The lowest BCUT2D eigenvalue weighted by atomic mass is 10.1. The van der Waals surface area contributed by atoms with Crippen molar-refractivity contribution in [1.82, 2.24) is 4.90 Å². The molecule has 3 rings (SSSR count). The van der Waals surface area contributed by atoms with Gasteiger partial charge in [0.15, 0.2) is 0 Å². The molecule has 0 saturated carbocycles. The molecule has 1 fully saturated rings. The Morgan fingerprint density at radius 1 is 1.24 bits per heavy atom. The van der Waals surface area contributed by atoms with Gasteiger partial charge < -0.3 is 19.1 Å². The van der Waals surface area contributed by atoms with Crippen LogP contribution in [0.4, 0.5) is 4.39 Å². The fraction of sp³-hybridized carbons (Fsp3) is 0.435. The minimum absolute atomic E-state index is 0.0472. The molecular weight excluding hydrogens is 373 g/mol. The molecule has 0 N–H and O–H groups in total. The molecule has 0 bridgehead atoms. The van der Waals surface area contributed by atoms with Gasteiger partial charge in [-0.1, -0.05) is 30.3 Å². The van der Waals surface area contributed by atoms with Crippen LogP contribution in [0.1, 0.15) is 24.0 Å². The van der Waals surface area contributed by atoms with Crippen molar-refractivity contribution in [2.24, 2.45) is 0 Å². The number of halogens is 1. The zero-order chi connectivity index (χ0) is 20.5. The quantitative estimate of drug-likeness (QED) is 0.610. The summed E-state index contributed by atoms with van der Waals surface area (Å²) in [4.78, 5) is 14.2. The molecule has 0 radical (unpaired) electrons. The summed E-state index contributed by atoms with van der Waals surface area (Å²) in [5.41, 5.74) is 1.60. The molecule has 0 unspecified atom stereocenters. The molecule has 5 nitrogen and oxygen atoms in total. The van der Waals surface area contributed by atoms with Gasteiger partial charge in [-0.25, -0.2) is 4.39 Å². The largest absolute Gasteiger partial charge is 0.493 e. The SMILES string of the molecule is COCC(=O)N(Cc1cccc(OCCc2ccccc2F)c1)C[C@@H]1CCCO1. The van der Waals surface area contributed by atoms with Crippen LogP contribution in [-0.2, 0) is 27.2 Å². The van der Waals surface area contributed by atoms with E-state index < -0.39 is 0 Å². The predicted molar refractivity (Wildman–Crippen MR) is 108 cm³/mol. The standard InChI is InChI=1S/C23H28FNO4/c1-27-17-23(26)25(16-21-9-5-12-28-21)15-18-6-4-8-20(14-18)29-13-11-19-7-2-3-10-22(19)24/h2-4,6-8,10,14,21H,5,9,11-13,15-17H2,1H3/t21-/m0/s1. The van der Waals surface area contributed by atoms with Crippen molar-refractivity contribution in [1.29, 1.82) is 0 Å². The van der Waals surface area contributed by atoms with Crippen LogP contribution in [0.15, 0.2) is 48.5 Å². The number of hydrogen-bond acceptors (Lipinski definition) is 4. The predicted octanol–water partition coefficient (Wildman–Crippen LogP) is 3.60. The number of methoxy groups -OCH3 is 1. The van der Waals surface area contributed by atoms with Gasteiger partial charge >= 0.3 is 0 Å². The first-order chi connectivity index (χ1) is 14.2. The minimum Gasteiger partial charge on any atom is -0.493 e. The van der Waals surface area contributed by atoms with Gasteiger partial charge in [-0.2, -0.15) is 0 Å². The van der Waals surface area contributed by atoms with Crippen LogP contribution < -0.4 is 4.74 Å². The maximum Gasteiger partial charge on any atom is 0.248 e. The molecule has 29 heavy (non-hydrogen) atoms. The summed E-state index contributed by atoms with van der Waals surface area (Å²) in [5, 5.41) is 0. The number of ether oxygens (including phenoxy) is 3. The average Bonchev–Trinajstić information content (AvgIpc) is 3.23. The molecule has 1 atom stereocenters. The third-order valence-electron chi connectivity index (χ3n) is 4.94. The molecule has 0 aliphatic carbocycles. The van der Waals surface area contributed by atoms with Gasteiger partial charge in [0.1, 0.15) is 18.2 Å². The van der Waals surface area contributed by atoms with E-state index in [0.717, 1.165) is 25.0 Å². The highest BCUT2D eigenvalue weighted by molar-refractivity contribution is 5.77. The Morgan fingerprint density at radius 2 is 2.10 bits per heavy atom. The first-order valence-corrected chi connectivity index (χ1v) is 9.99. The number of carbonyl (C=O) groups is 1. The molecule has 2 aromatic carbocycles. The number of amides is 1. The fourth-order valence-corrected chi connectivity index (χ4v) is 3.44. The Labute approximate surface area is 171 Å². The topological polar surface area (TPSA) is 48.0 Å². The van der Waals surface area contributed by atoms with E-state index in [1.807, 2.05) is 30.3 Å². The molecule has 1 aliphatic heterocycles. The number of hydrogen-bond donors (Lipinski definition) is 0.